The van der Waals surface area contributed by atoms with Crippen molar-refractivity contribution in [3.63, 3.8) is 0 Å². The summed E-state index contributed by atoms with van der Waals surface area (Å²) in [6.07, 6.45) is -5.38. The molecule has 3 aromatic rings. The predicted octanol–water partition coefficient (Wildman–Crippen LogP) is 4.24. The highest BCUT2D eigenvalue weighted by Gasteiger charge is 2.70. The van der Waals surface area contributed by atoms with Crippen LogP contribution in [0.2, 0.25) is 0 Å². The van der Waals surface area contributed by atoms with Gasteiger partial charge in [-0.2, -0.15) is 17.5 Å². The van der Waals surface area contributed by atoms with Gasteiger partial charge in [-0.25, -0.2) is 27.1 Å². The first-order valence-corrected chi connectivity index (χ1v) is 13.7. The van der Waals surface area contributed by atoms with Crippen LogP contribution in [-0.4, -0.2) is 45.8 Å². The first-order valence-electron chi connectivity index (χ1n) is 12.2. The molecule has 5 rings (SSSR count). The number of nitrogens with one attached hydrogen (secondary N) is 1. The molecule has 0 radical (unpaired) electrons. The largest absolute Gasteiger partial charge is 0.434 e. The van der Waals surface area contributed by atoms with E-state index in [-0.39, 0.29) is 12.0 Å². The van der Waals surface area contributed by atoms with Gasteiger partial charge in [0.05, 0.1) is 5.41 Å². The average Bonchev–Trinajstić information content (AvgIpc) is 3.31. The second-order valence-corrected chi connectivity index (χ2v) is 12.2. The molecule has 40 heavy (non-hydrogen) atoms. The molecule has 0 spiro atoms. The quantitative estimate of drug-likeness (QED) is 0.330. The Morgan fingerprint density at radius 3 is 2.40 bits per heavy atom. The Morgan fingerprint density at radius 1 is 1.15 bits per heavy atom. The molecule has 0 amide bonds. The van der Waals surface area contributed by atoms with Crippen molar-refractivity contribution in [3.05, 3.63) is 99.9 Å². The maximum atomic E-state index is 15.6. The first kappa shape index (κ1) is 28.2. The maximum Gasteiger partial charge on any atom is 0.434 e. The van der Waals surface area contributed by atoms with Gasteiger partial charge >= 0.3 is 11.9 Å². The number of H-pyrrole nitrogens is 1. The maximum absolute atomic E-state index is 15.6. The van der Waals surface area contributed by atoms with Crippen LogP contribution < -0.4 is 5.76 Å². The molecule has 0 bridgehead atoms. The zero-order valence-corrected chi connectivity index (χ0v) is 21.6. The lowest BCUT2D eigenvalue weighted by atomic mass is 9.55. The molecule has 1 saturated heterocycles. The van der Waals surface area contributed by atoms with E-state index in [1.54, 1.807) is 30.3 Å². The molecule has 2 aliphatic rings. The number of benzene rings is 2. The summed E-state index contributed by atoms with van der Waals surface area (Å²) >= 11 is 0. The van der Waals surface area contributed by atoms with E-state index in [0.717, 1.165) is 4.31 Å². The topological polar surface area (TPSA) is 116 Å². The van der Waals surface area contributed by atoms with Crippen LogP contribution in [0.4, 0.5) is 22.0 Å². The fraction of sp³-hybridized carbons (Fsp3) is 0.385. The number of aliphatic hydroxyl groups is 1. The Labute approximate surface area is 225 Å². The fourth-order valence-electron chi connectivity index (χ4n) is 5.70. The zero-order valence-electron chi connectivity index (χ0n) is 20.8. The smallest absolute Gasteiger partial charge is 0.391 e. The third-order valence-electron chi connectivity index (χ3n) is 7.77. The third kappa shape index (κ3) is 4.47. The summed E-state index contributed by atoms with van der Waals surface area (Å²) in [7, 11) is -4.06. The molecule has 2 N–H and O–H groups in total. The van der Waals surface area contributed by atoms with E-state index in [1.807, 2.05) is 5.10 Å². The molecule has 214 valence electrons. The van der Waals surface area contributed by atoms with E-state index in [2.05, 4.69) is 11.7 Å². The number of rotatable bonds is 6. The van der Waals surface area contributed by atoms with Gasteiger partial charge < -0.3 is 9.52 Å². The molecule has 1 saturated carbocycles. The Morgan fingerprint density at radius 2 is 1.82 bits per heavy atom. The van der Waals surface area contributed by atoms with Crippen molar-refractivity contribution < 1.29 is 39.9 Å². The molecule has 8 nitrogen and oxygen atoms in total. The number of nitrogens with zero attached hydrogens (tertiary/aromatic N) is 2. The summed E-state index contributed by atoms with van der Waals surface area (Å²) in [6, 6.07) is 9.08. The molecular weight excluding hydrogens is 561 g/mol. The minimum Gasteiger partial charge on any atom is -0.391 e. The van der Waals surface area contributed by atoms with E-state index >= 15 is 8.78 Å². The molecule has 0 unspecified atom stereocenters. The number of halogens is 5. The van der Waals surface area contributed by atoms with Crippen LogP contribution in [0.5, 0.6) is 0 Å². The number of aromatic amines is 1. The highest BCUT2D eigenvalue weighted by Crippen LogP contribution is 2.59. The van der Waals surface area contributed by atoms with E-state index in [4.69, 9.17) is 4.42 Å². The Hall–Kier alpha value is -3.36. The summed E-state index contributed by atoms with van der Waals surface area (Å²) in [5.74, 6) is -4.06. The van der Waals surface area contributed by atoms with Crippen molar-refractivity contribution in [1.82, 2.24) is 14.5 Å². The van der Waals surface area contributed by atoms with Gasteiger partial charge in [0.25, 0.3) is 0 Å². The molecule has 2 aromatic carbocycles. The summed E-state index contributed by atoms with van der Waals surface area (Å²) in [6.45, 7) is 3.11. The second-order valence-electron chi connectivity index (χ2n) is 10.2. The number of alkyl halides is 3. The van der Waals surface area contributed by atoms with Gasteiger partial charge in [-0.05, 0) is 30.5 Å². The van der Waals surface area contributed by atoms with Gasteiger partial charge in [0.2, 0.25) is 15.9 Å². The first-order chi connectivity index (χ1) is 18.7. The van der Waals surface area contributed by atoms with Crippen molar-refractivity contribution in [3.8, 4) is 0 Å². The molecule has 14 heteroatoms. The number of hydrogen-bond acceptors (Lipinski definition) is 6. The molecule has 1 aliphatic carbocycles. The average molecular weight is 586 g/mol. The number of sulfonamides is 1. The van der Waals surface area contributed by atoms with Crippen LogP contribution in [0.15, 0.2) is 64.3 Å². The van der Waals surface area contributed by atoms with Crippen LogP contribution in [0.25, 0.3) is 0 Å². The van der Waals surface area contributed by atoms with Gasteiger partial charge in [-0.1, -0.05) is 36.4 Å². The van der Waals surface area contributed by atoms with Crippen LogP contribution >= 0.6 is 0 Å². The highest BCUT2D eigenvalue weighted by atomic mass is 32.2. The van der Waals surface area contributed by atoms with Crippen molar-refractivity contribution in [2.45, 2.75) is 60.7 Å². The van der Waals surface area contributed by atoms with Gasteiger partial charge in [0.1, 0.15) is 16.9 Å². The highest BCUT2D eigenvalue weighted by molar-refractivity contribution is 7.89. The van der Waals surface area contributed by atoms with Crippen molar-refractivity contribution in [2.24, 2.45) is 0 Å². The predicted molar refractivity (Wildman–Crippen MR) is 131 cm³/mol. The van der Waals surface area contributed by atoms with E-state index in [1.165, 1.54) is 6.08 Å². The number of hydrogen-bond donors (Lipinski definition) is 2. The summed E-state index contributed by atoms with van der Waals surface area (Å²) in [5.41, 5.74) is -5.80. The summed E-state index contributed by atoms with van der Waals surface area (Å²) in [4.78, 5) is 11.5. The van der Waals surface area contributed by atoms with Gasteiger partial charge in [-0.15, -0.1) is 11.7 Å². The van der Waals surface area contributed by atoms with Gasteiger partial charge in [0, 0.05) is 36.6 Å². The standard InChI is InChI=1S/C26H24F5N3O5S/c1-2-17-8-9-21(15-6-4-3-5-7-15)40(37,38)34(17)12-16-10-20(28)18(11-19(16)27)24(22-32-33-23(35)39-22)13-25(36,14-24)26(29,30)31/h2-7,10-11,17,21,36H,1,8-9,12-14H2,(H,33,35)/t17-,21+,24-,25+/m0/s1. The van der Waals surface area contributed by atoms with Crippen LogP contribution in [0.1, 0.15) is 53.5 Å². The van der Waals surface area contributed by atoms with Crippen molar-refractivity contribution >= 4 is 10.0 Å². The van der Waals surface area contributed by atoms with Crippen molar-refractivity contribution in [2.75, 3.05) is 0 Å². The lowest BCUT2D eigenvalue weighted by Gasteiger charge is -2.51. The van der Waals surface area contributed by atoms with Crippen LogP contribution in [0.3, 0.4) is 0 Å². The lowest BCUT2D eigenvalue weighted by Crippen LogP contribution is -2.63. The molecule has 1 aromatic heterocycles. The van der Waals surface area contributed by atoms with Crippen LogP contribution in [0, 0.1) is 11.6 Å². The molecular formula is C26H24F5N3O5S. The zero-order chi connectivity index (χ0) is 29.1. The van der Waals surface area contributed by atoms with Crippen LogP contribution in [-0.2, 0) is 22.0 Å². The fourth-order valence-corrected chi connectivity index (χ4v) is 7.85. The lowest BCUT2D eigenvalue weighted by molar-refractivity contribution is -0.302. The molecule has 2 heterocycles. The van der Waals surface area contributed by atoms with Gasteiger partial charge in [0.15, 0.2) is 5.60 Å². The Bertz CT molecular complexity index is 1600. The minimum atomic E-state index is -5.10. The molecule has 2 atom stereocenters. The SMILES string of the molecule is C=C[C@H]1CC[C@H](c2ccccc2)S(=O)(=O)N1Cc1cc(F)c([C@]2(c3n[nH]c(=O)o3)C[C@](O)(C(F)(F)F)C2)cc1F. The summed E-state index contributed by atoms with van der Waals surface area (Å²) < 4.78 is 104. The minimum absolute atomic E-state index is 0.287. The van der Waals surface area contributed by atoms with Crippen molar-refractivity contribution in [1.29, 1.82) is 0 Å². The normalized spacial score (nSPS) is 28.6. The summed E-state index contributed by atoms with van der Waals surface area (Å²) in [5, 5.41) is 14.6. The molecule has 1 aliphatic heterocycles. The van der Waals surface area contributed by atoms with E-state index in [9.17, 15) is 31.5 Å². The second kappa shape index (κ2) is 9.63. The third-order valence-corrected chi connectivity index (χ3v) is 10.0. The van der Waals surface area contributed by atoms with E-state index < -0.39 is 86.7 Å². The Balaban J connectivity index is 1.52. The monoisotopic (exact) mass is 585 g/mol. The molecule has 2 fully saturated rings. The Kier molecular flexibility index (Phi) is 6.78. The van der Waals surface area contributed by atoms with Gasteiger partial charge in [-0.3, -0.25) is 0 Å². The van der Waals surface area contributed by atoms with E-state index in [0.29, 0.717) is 24.1 Å². The number of aromatic nitrogens is 2.